The molecular formula is C16H16FN3O2. The third-order valence-electron chi connectivity index (χ3n) is 3.05. The maximum Gasteiger partial charge on any atom is 0.312 e. The van der Waals surface area contributed by atoms with Crippen LogP contribution in [0.2, 0.25) is 0 Å². The molecule has 0 saturated carbocycles. The topological polar surface area (TPSA) is 84.2 Å². The molecule has 4 N–H and O–H groups in total. The molecule has 0 aromatic heterocycles. The first-order valence-electron chi connectivity index (χ1n) is 6.71. The van der Waals surface area contributed by atoms with Crippen molar-refractivity contribution in [2.75, 3.05) is 5.32 Å². The summed E-state index contributed by atoms with van der Waals surface area (Å²) in [6, 6.07) is 13.2. The minimum Gasteiger partial charge on any atom is -0.352 e. The van der Waals surface area contributed by atoms with Crippen molar-refractivity contribution in [3.05, 3.63) is 66.0 Å². The second-order valence-corrected chi connectivity index (χ2v) is 4.72. The average Bonchev–Trinajstić information content (AvgIpc) is 2.49. The highest BCUT2D eigenvalue weighted by Gasteiger charge is 2.21. The van der Waals surface area contributed by atoms with Gasteiger partial charge in [-0.1, -0.05) is 42.5 Å². The van der Waals surface area contributed by atoms with E-state index in [0.717, 1.165) is 5.56 Å². The predicted molar refractivity (Wildman–Crippen MR) is 81.7 cm³/mol. The summed E-state index contributed by atoms with van der Waals surface area (Å²) >= 11 is 0. The minimum atomic E-state index is -0.889. The molecule has 0 radical (unpaired) electrons. The van der Waals surface area contributed by atoms with E-state index in [4.69, 9.17) is 5.73 Å². The monoisotopic (exact) mass is 301 g/mol. The molecule has 22 heavy (non-hydrogen) atoms. The van der Waals surface area contributed by atoms with E-state index in [2.05, 4.69) is 10.6 Å². The van der Waals surface area contributed by atoms with E-state index in [1.807, 2.05) is 30.3 Å². The van der Waals surface area contributed by atoms with Crippen molar-refractivity contribution in [3.63, 3.8) is 0 Å². The number of anilines is 1. The lowest BCUT2D eigenvalue weighted by Crippen LogP contribution is -2.47. The molecule has 0 aliphatic rings. The largest absolute Gasteiger partial charge is 0.352 e. The molecule has 2 aromatic carbocycles. The summed E-state index contributed by atoms with van der Waals surface area (Å²) < 4.78 is 13.6. The number of nitrogens with one attached hydrogen (secondary N) is 2. The SMILES string of the molecule is NC(=O)NC(Cc1ccccc1)C(=O)Nc1ccccc1F. The van der Waals surface area contributed by atoms with Crippen LogP contribution in [0.1, 0.15) is 5.56 Å². The lowest BCUT2D eigenvalue weighted by Gasteiger charge is -2.17. The smallest absolute Gasteiger partial charge is 0.312 e. The van der Waals surface area contributed by atoms with Crippen LogP contribution >= 0.6 is 0 Å². The zero-order valence-corrected chi connectivity index (χ0v) is 11.8. The van der Waals surface area contributed by atoms with E-state index in [1.54, 1.807) is 6.07 Å². The second kappa shape index (κ2) is 7.21. The van der Waals surface area contributed by atoms with E-state index in [0.29, 0.717) is 0 Å². The number of carbonyl (C=O) groups excluding carboxylic acids is 2. The molecule has 0 fully saturated rings. The van der Waals surface area contributed by atoms with Gasteiger partial charge < -0.3 is 16.4 Å². The van der Waals surface area contributed by atoms with Gasteiger partial charge in [0.1, 0.15) is 11.9 Å². The van der Waals surface area contributed by atoms with E-state index in [9.17, 15) is 14.0 Å². The Kier molecular flexibility index (Phi) is 5.08. The number of hydrogen-bond acceptors (Lipinski definition) is 2. The van der Waals surface area contributed by atoms with Gasteiger partial charge in [0.15, 0.2) is 0 Å². The first-order chi connectivity index (χ1) is 10.6. The van der Waals surface area contributed by atoms with Crippen LogP contribution in [0.3, 0.4) is 0 Å². The number of benzene rings is 2. The molecule has 0 aliphatic carbocycles. The molecule has 0 aliphatic heterocycles. The minimum absolute atomic E-state index is 0.0526. The number of urea groups is 1. The van der Waals surface area contributed by atoms with E-state index in [1.165, 1.54) is 18.2 Å². The molecule has 2 rings (SSSR count). The molecule has 0 saturated heterocycles. The summed E-state index contributed by atoms with van der Waals surface area (Å²) in [6.45, 7) is 0. The zero-order valence-electron chi connectivity index (χ0n) is 11.8. The molecule has 6 heteroatoms. The van der Waals surface area contributed by atoms with Gasteiger partial charge in [0.05, 0.1) is 5.69 Å². The highest BCUT2D eigenvalue weighted by atomic mass is 19.1. The molecular weight excluding hydrogens is 285 g/mol. The van der Waals surface area contributed by atoms with Gasteiger partial charge in [0, 0.05) is 6.42 Å². The number of carbonyl (C=O) groups is 2. The van der Waals surface area contributed by atoms with Crippen LogP contribution < -0.4 is 16.4 Å². The summed E-state index contributed by atoms with van der Waals surface area (Å²) in [5, 5.41) is 4.82. The second-order valence-electron chi connectivity index (χ2n) is 4.72. The lowest BCUT2D eigenvalue weighted by atomic mass is 10.1. The van der Waals surface area contributed by atoms with Crippen LogP contribution in [0.4, 0.5) is 14.9 Å². The fourth-order valence-electron chi connectivity index (χ4n) is 2.01. The van der Waals surface area contributed by atoms with Crippen molar-refractivity contribution < 1.29 is 14.0 Å². The number of para-hydroxylation sites is 1. The van der Waals surface area contributed by atoms with Gasteiger partial charge in [0.25, 0.3) is 0 Å². The van der Waals surface area contributed by atoms with E-state index >= 15 is 0 Å². The van der Waals surface area contributed by atoms with Crippen molar-refractivity contribution in [3.8, 4) is 0 Å². The lowest BCUT2D eigenvalue weighted by molar-refractivity contribution is -0.117. The number of nitrogens with two attached hydrogens (primary N) is 1. The van der Waals surface area contributed by atoms with Crippen LogP contribution in [-0.2, 0) is 11.2 Å². The third-order valence-corrected chi connectivity index (χ3v) is 3.05. The van der Waals surface area contributed by atoms with Crippen LogP contribution in [0.15, 0.2) is 54.6 Å². The van der Waals surface area contributed by atoms with Gasteiger partial charge in [-0.25, -0.2) is 9.18 Å². The summed E-state index contributed by atoms with van der Waals surface area (Å²) in [6.07, 6.45) is 0.254. The average molecular weight is 301 g/mol. The molecule has 114 valence electrons. The number of rotatable bonds is 5. The Morgan fingerprint density at radius 3 is 2.32 bits per heavy atom. The summed E-state index contributed by atoms with van der Waals surface area (Å²) in [5.74, 6) is -1.08. The zero-order chi connectivity index (χ0) is 15.9. The Morgan fingerprint density at radius 2 is 1.68 bits per heavy atom. The van der Waals surface area contributed by atoms with Crippen LogP contribution in [0.5, 0.6) is 0 Å². The first kappa shape index (κ1) is 15.5. The number of halogens is 1. The Morgan fingerprint density at radius 1 is 1.05 bits per heavy atom. The predicted octanol–water partition coefficient (Wildman–Crippen LogP) is 2.04. The van der Waals surface area contributed by atoms with Gasteiger partial charge in [-0.3, -0.25) is 4.79 Å². The molecule has 0 bridgehead atoms. The Labute approximate surface area is 127 Å². The maximum atomic E-state index is 13.6. The normalized spacial score (nSPS) is 11.5. The van der Waals surface area contributed by atoms with Crippen molar-refractivity contribution in [2.45, 2.75) is 12.5 Å². The summed E-state index contributed by atoms with van der Waals surface area (Å²) in [4.78, 5) is 23.3. The molecule has 1 atom stereocenters. The fraction of sp³-hybridized carbons (Fsp3) is 0.125. The van der Waals surface area contributed by atoms with Crippen LogP contribution in [0, 0.1) is 5.82 Å². The van der Waals surface area contributed by atoms with E-state index in [-0.39, 0.29) is 12.1 Å². The highest BCUT2D eigenvalue weighted by molar-refractivity contribution is 5.97. The summed E-state index contributed by atoms with van der Waals surface area (Å²) in [7, 11) is 0. The Hall–Kier alpha value is -2.89. The molecule has 1 unspecified atom stereocenters. The van der Waals surface area contributed by atoms with Crippen molar-refractivity contribution in [1.82, 2.24) is 5.32 Å². The Balaban J connectivity index is 2.12. The van der Waals surface area contributed by atoms with Gasteiger partial charge in [-0.2, -0.15) is 0 Å². The number of hydrogen-bond donors (Lipinski definition) is 3. The van der Waals surface area contributed by atoms with E-state index < -0.39 is 23.8 Å². The standard InChI is InChI=1S/C16H16FN3O2/c17-12-8-4-5-9-13(12)19-15(21)14(20-16(18)22)10-11-6-2-1-3-7-11/h1-9,14H,10H2,(H,19,21)(H3,18,20,22). The number of amides is 3. The van der Waals surface area contributed by atoms with Crippen molar-refractivity contribution in [1.29, 1.82) is 0 Å². The highest BCUT2D eigenvalue weighted by Crippen LogP contribution is 2.13. The fourth-order valence-corrected chi connectivity index (χ4v) is 2.01. The number of primary amides is 1. The molecule has 3 amide bonds. The summed E-state index contributed by atoms with van der Waals surface area (Å²) in [5.41, 5.74) is 6.01. The first-order valence-corrected chi connectivity index (χ1v) is 6.71. The van der Waals surface area contributed by atoms with Crippen LogP contribution in [-0.4, -0.2) is 18.0 Å². The molecule has 5 nitrogen and oxygen atoms in total. The van der Waals surface area contributed by atoms with Crippen LogP contribution in [0.25, 0.3) is 0 Å². The third kappa shape index (κ3) is 4.31. The van der Waals surface area contributed by atoms with Gasteiger partial charge in [-0.05, 0) is 17.7 Å². The van der Waals surface area contributed by atoms with Gasteiger partial charge >= 0.3 is 6.03 Å². The van der Waals surface area contributed by atoms with Gasteiger partial charge in [-0.15, -0.1) is 0 Å². The van der Waals surface area contributed by atoms with Gasteiger partial charge in [0.2, 0.25) is 5.91 Å². The molecule has 0 spiro atoms. The van der Waals surface area contributed by atoms with Crippen molar-refractivity contribution in [2.24, 2.45) is 5.73 Å². The Bertz CT molecular complexity index is 661. The molecule has 0 heterocycles. The quantitative estimate of drug-likeness (QED) is 0.789. The molecule has 2 aromatic rings. The maximum absolute atomic E-state index is 13.6. The van der Waals surface area contributed by atoms with Crippen molar-refractivity contribution >= 4 is 17.6 Å².